The van der Waals surface area contributed by atoms with Crippen LogP contribution in [0.4, 0.5) is 0 Å². The topological polar surface area (TPSA) is 17.8 Å². The van der Waals surface area contributed by atoms with Gasteiger partial charge in [-0.25, -0.2) is 0 Å². The molecule has 1 rings (SSSR count). The van der Waals surface area contributed by atoms with Crippen molar-refractivity contribution in [1.82, 2.24) is 9.78 Å². The lowest BCUT2D eigenvalue weighted by molar-refractivity contribution is 0.491. The Morgan fingerprint density at radius 2 is 2.45 bits per heavy atom. The smallest absolute Gasteiger partial charge is 0.0518 e. The lowest BCUT2D eigenvalue weighted by Gasteiger charge is -2.06. The largest absolute Gasteiger partial charge is 0.272 e. The molecule has 0 radical (unpaired) electrons. The van der Waals surface area contributed by atoms with E-state index in [1.165, 1.54) is 5.56 Å². The molecule has 0 aliphatic rings. The average molecular weight is 217 g/mol. The van der Waals surface area contributed by atoms with Gasteiger partial charge in [0.25, 0.3) is 0 Å². The summed E-state index contributed by atoms with van der Waals surface area (Å²) in [5.74, 6) is 0.647. The van der Waals surface area contributed by atoms with E-state index in [4.69, 9.17) is 0 Å². The van der Waals surface area contributed by atoms with Crippen LogP contribution in [0.3, 0.4) is 0 Å². The summed E-state index contributed by atoms with van der Waals surface area (Å²) in [6.45, 7) is 5.26. The van der Waals surface area contributed by atoms with Gasteiger partial charge in [0, 0.05) is 18.1 Å². The summed E-state index contributed by atoms with van der Waals surface area (Å²) >= 11 is 3.44. The summed E-state index contributed by atoms with van der Waals surface area (Å²) in [5, 5.41) is 5.23. The lowest BCUT2D eigenvalue weighted by atomic mass is 10.2. The first kappa shape index (κ1) is 8.78. The molecule has 62 valence electrons. The van der Waals surface area contributed by atoms with Crippen molar-refractivity contribution in [2.45, 2.75) is 20.4 Å². The zero-order valence-corrected chi connectivity index (χ0v) is 8.50. The van der Waals surface area contributed by atoms with Crippen molar-refractivity contribution in [2.24, 2.45) is 5.92 Å². The molecule has 0 amide bonds. The molecule has 0 spiro atoms. The van der Waals surface area contributed by atoms with E-state index in [0.29, 0.717) is 5.92 Å². The third-order valence-electron chi connectivity index (χ3n) is 1.52. The fourth-order valence-electron chi connectivity index (χ4n) is 0.935. The number of nitrogens with zero attached hydrogens (tertiary/aromatic N) is 2. The van der Waals surface area contributed by atoms with Crippen molar-refractivity contribution in [3.05, 3.63) is 18.0 Å². The van der Waals surface area contributed by atoms with Crippen LogP contribution >= 0.6 is 15.9 Å². The van der Waals surface area contributed by atoms with E-state index in [1.54, 1.807) is 0 Å². The molecule has 0 saturated carbocycles. The van der Waals surface area contributed by atoms with Crippen molar-refractivity contribution in [3.8, 4) is 0 Å². The third-order valence-corrected chi connectivity index (χ3v) is 2.63. The Morgan fingerprint density at radius 1 is 1.73 bits per heavy atom. The van der Waals surface area contributed by atoms with Gasteiger partial charge in [-0.15, -0.1) is 0 Å². The second-order valence-corrected chi connectivity index (χ2v) is 3.65. The third kappa shape index (κ3) is 2.66. The molecule has 1 aromatic rings. The first-order chi connectivity index (χ1) is 5.22. The van der Waals surface area contributed by atoms with E-state index < -0.39 is 0 Å². The minimum atomic E-state index is 0.647. The van der Waals surface area contributed by atoms with Gasteiger partial charge in [-0.1, -0.05) is 22.9 Å². The Bertz CT molecular complexity index is 220. The van der Waals surface area contributed by atoms with Gasteiger partial charge in [0.05, 0.1) is 6.20 Å². The van der Waals surface area contributed by atoms with Crippen LogP contribution in [-0.4, -0.2) is 15.1 Å². The van der Waals surface area contributed by atoms with E-state index in [1.807, 2.05) is 10.9 Å². The summed E-state index contributed by atoms with van der Waals surface area (Å²) in [6.07, 6.45) is 3.96. The van der Waals surface area contributed by atoms with E-state index in [-0.39, 0.29) is 0 Å². The fourth-order valence-corrected chi connectivity index (χ4v) is 1.14. The summed E-state index contributed by atoms with van der Waals surface area (Å²) in [7, 11) is 0. The minimum absolute atomic E-state index is 0.647. The second kappa shape index (κ2) is 3.90. The number of aryl methyl sites for hydroxylation is 1. The fraction of sp³-hybridized carbons (Fsp3) is 0.625. The van der Waals surface area contributed by atoms with Crippen LogP contribution in [0.15, 0.2) is 12.4 Å². The van der Waals surface area contributed by atoms with Gasteiger partial charge < -0.3 is 0 Å². The van der Waals surface area contributed by atoms with Crippen LogP contribution in [0, 0.1) is 12.8 Å². The van der Waals surface area contributed by atoms with Gasteiger partial charge in [0.1, 0.15) is 0 Å². The zero-order valence-electron chi connectivity index (χ0n) is 6.92. The van der Waals surface area contributed by atoms with Gasteiger partial charge in [0.2, 0.25) is 0 Å². The number of hydrogen-bond donors (Lipinski definition) is 0. The zero-order chi connectivity index (χ0) is 8.27. The molecule has 0 aliphatic heterocycles. The maximum Gasteiger partial charge on any atom is 0.0518 e. The number of aromatic nitrogens is 2. The highest BCUT2D eigenvalue weighted by Gasteiger charge is 2.00. The highest BCUT2D eigenvalue weighted by molar-refractivity contribution is 9.09. The van der Waals surface area contributed by atoms with Crippen molar-refractivity contribution in [2.75, 3.05) is 5.33 Å². The predicted octanol–water partition coefficient (Wildman–Crippen LogP) is 2.22. The monoisotopic (exact) mass is 216 g/mol. The molecule has 0 bridgehead atoms. The molecule has 0 saturated heterocycles. The van der Waals surface area contributed by atoms with Crippen LogP contribution in [-0.2, 0) is 6.54 Å². The molecule has 0 aromatic carbocycles. The van der Waals surface area contributed by atoms with Crippen LogP contribution in [0.1, 0.15) is 12.5 Å². The van der Waals surface area contributed by atoms with E-state index in [0.717, 1.165) is 11.9 Å². The van der Waals surface area contributed by atoms with Crippen molar-refractivity contribution in [3.63, 3.8) is 0 Å². The first-order valence-corrected chi connectivity index (χ1v) is 4.89. The molecule has 1 atom stereocenters. The van der Waals surface area contributed by atoms with Crippen LogP contribution < -0.4 is 0 Å². The molecular formula is C8H13BrN2. The van der Waals surface area contributed by atoms with E-state index >= 15 is 0 Å². The number of hydrogen-bond acceptors (Lipinski definition) is 1. The maximum absolute atomic E-state index is 4.20. The van der Waals surface area contributed by atoms with Crippen molar-refractivity contribution in [1.29, 1.82) is 0 Å². The highest BCUT2D eigenvalue weighted by Crippen LogP contribution is 2.04. The van der Waals surface area contributed by atoms with Gasteiger partial charge in [-0.2, -0.15) is 5.10 Å². The summed E-state index contributed by atoms with van der Waals surface area (Å²) < 4.78 is 1.99. The Balaban J connectivity index is 2.50. The van der Waals surface area contributed by atoms with Gasteiger partial charge in [-0.05, 0) is 18.4 Å². The van der Waals surface area contributed by atoms with Crippen LogP contribution in [0.2, 0.25) is 0 Å². The molecule has 0 aliphatic carbocycles. The number of alkyl halides is 1. The predicted molar refractivity (Wildman–Crippen MR) is 49.9 cm³/mol. The van der Waals surface area contributed by atoms with Crippen molar-refractivity contribution < 1.29 is 0 Å². The molecular weight excluding hydrogens is 204 g/mol. The Kier molecular flexibility index (Phi) is 3.12. The Labute approximate surface area is 75.7 Å². The Hall–Kier alpha value is -0.310. The summed E-state index contributed by atoms with van der Waals surface area (Å²) in [4.78, 5) is 0. The molecule has 0 fully saturated rings. The van der Waals surface area contributed by atoms with Gasteiger partial charge in [0.15, 0.2) is 0 Å². The standard InChI is InChI=1S/C8H13BrN2/c1-7(3-9)5-11-6-8(2)4-10-11/h4,6-7H,3,5H2,1-2H3. The van der Waals surface area contributed by atoms with Crippen LogP contribution in [0.5, 0.6) is 0 Å². The van der Waals surface area contributed by atoms with E-state index in [2.05, 4.69) is 41.1 Å². The molecule has 1 unspecified atom stereocenters. The van der Waals surface area contributed by atoms with Crippen LogP contribution in [0.25, 0.3) is 0 Å². The Morgan fingerprint density at radius 3 is 2.91 bits per heavy atom. The van der Waals surface area contributed by atoms with Crippen molar-refractivity contribution >= 4 is 15.9 Å². The molecule has 2 nitrogen and oxygen atoms in total. The quantitative estimate of drug-likeness (QED) is 0.710. The highest BCUT2D eigenvalue weighted by atomic mass is 79.9. The number of rotatable bonds is 3. The molecule has 1 aromatic heterocycles. The maximum atomic E-state index is 4.20. The van der Waals surface area contributed by atoms with Gasteiger partial charge in [-0.3, -0.25) is 4.68 Å². The summed E-state index contributed by atoms with van der Waals surface area (Å²) in [5.41, 5.74) is 1.23. The number of halogens is 1. The normalized spacial score (nSPS) is 13.4. The molecule has 11 heavy (non-hydrogen) atoms. The minimum Gasteiger partial charge on any atom is -0.272 e. The summed E-state index contributed by atoms with van der Waals surface area (Å²) in [6, 6.07) is 0. The molecule has 3 heteroatoms. The SMILES string of the molecule is Cc1cnn(CC(C)CBr)c1. The second-order valence-electron chi connectivity index (χ2n) is 3.00. The first-order valence-electron chi connectivity index (χ1n) is 3.77. The van der Waals surface area contributed by atoms with Gasteiger partial charge >= 0.3 is 0 Å². The molecule has 1 heterocycles. The molecule has 0 N–H and O–H groups in total. The lowest BCUT2D eigenvalue weighted by Crippen LogP contribution is -2.08. The van der Waals surface area contributed by atoms with E-state index in [9.17, 15) is 0 Å². The average Bonchev–Trinajstić information content (AvgIpc) is 2.35.